The van der Waals surface area contributed by atoms with Gasteiger partial charge in [-0.3, -0.25) is 4.98 Å². The van der Waals surface area contributed by atoms with Crippen LogP contribution in [0.1, 0.15) is 24.6 Å². The predicted molar refractivity (Wildman–Crippen MR) is 81.8 cm³/mol. The van der Waals surface area contributed by atoms with Crippen LogP contribution in [0.15, 0.2) is 34.1 Å². The molecule has 2 aromatic heterocycles. The topological polar surface area (TPSA) is 75.2 Å². The summed E-state index contributed by atoms with van der Waals surface area (Å²) in [7, 11) is -1.68. The number of thiophene rings is 1. The molecule has 112 valence electrons. The average Bonchev–Trinajstić information content (AvgIpc) is 3.18. The summed E-state index contributed by atoms with van der Waals surface area (Å²) in [6, 6.07) is 3.16. The lowest BCUT2D eigenvalue weighted by molar-refractivity contribution is 0.391. The van der Waals surface area contributed by atoms with Gasteiger partial charge in [0.25, 0.3) is 10.0 Å². The quantitative estimate of drug-likeness (QED) is 0.932. The van der Waals surface area contributed by atoms with Gasteiger partial charge in [-0.1, -0.05) is 6.07 Å². The second-order valence-corrected chi connectivity index (χ2v) is 7.85. The Kier molecular flexibility index (Phi) is 3.92. The van der Waals surface area contributed by atoms with Gasteiger partial charge in [-0.15, -0.1) is 11.3 Å². The molecule has 1 aliphatic rings. The molecule has 0 aliphatic carbocycles. The van der Waals surface area contributed by atoms with Crippen LogP contribution in [-0.2, 0) is 10.0 Å². The predicted octanol–water partition coefficient (Wildman–Crippen LogP) is 2.11. The van der Waals surface area contributed by atoms with Gasteiger partial charge in [0.2, 0.25) is 0 Å². The first-order valence-electron chi connectivity index (χ1n) is 6.68. The van der Waals surface area contributed by atoms with Crippen molar-refractivity contribution in [3.8, 4) is 0 Å². The van der Waals surface area contributed by atoms with E-state index in [0.717, 1.165) is 12.8 Å². The highest BCUT2D eigenvalue weighted by Gasteiger charge is 2.37. The van der Waals surface area contributed by atoms with Gasteiger partial charge in [0.1, 0.15) is 10.0 Å². The van der Waals surface area contributed by atoms with E-state index in [2.05, 4.69) is 15.3 Å². The third-order valence-corrected chi connectivity index (χ3v) is 6.79. The third kappa shape index (κ3) is 2.66. The minimum absolute atomic E-state index is 0.238. The first-order valence-corrected chi connectivity index (χ1v) is 9.00. The van der Waals surface area contributed by atoms with Crippen LogP contribution in [0.5, 0.6) is 0 Å². The van der Waals surface area contributed by atoms with E-state index < -0.39 is 10.0 Å². The van der Waals surface area contributed by atoms with Crippen molar-refractivity contribution in [2.24, 2.45) is 0 Å². The Hall–Kier alpha value is -1.51. The Labute approximate surface area is 127 Å². The zero-order valence-corrected chi connectivity index (χ0v) is 13.2. The Morgan fingerprint density at radius 3 is 3.00 bits per heavy atom. The number of nitrogens with zero attached hydrogens (tertiary/aromatic N) is 3. The lowest BCUT2D eigenvalue weighted by Gasteiger charge is -2.22. The normalized spacial score (nSPS) is 19.8. The van der Waals surface area contributed by atoms with Crippen molar-refractivity contribution in [1.82, 2.24) is 14.3 Å². The van der Waals surface area contributed by atoms with Crippen LogP contribution < -0.4 is 5.32 Å². The van der Waals surface area contributed by atoms with Crippen molar-refractivity contribution in [1.29, 1.82) is 0 Å². The molecule has 0 spiro atoms. The molecule has 0 saturated carbocycles. The second-order valence-electron chi connectivity index (χ2n) is 4.79. The number of hydrogen-bond acceptors (Lipinski definition) is 6. The van der Waals surface area contributed by atoms with Crippen LogP contribution >= 0.6 is 11.3 Å². The molecule has 1 aliphatic heterocycles. The number of sulfonamides is 1. The molecule has 1 atom stereocenters. The maximum Gasteiger partial charge on any atom is 0.253 e. The fourth-order valence-electron chi connectivity index (χ4n) is 2.51. The maximum absolute atomic E-state index is 12.7. The van der Waals surface area contributed by atoms with Gasteiger partial charge in [0.05, 0.1) is 24.1 Å². The zero-order valence-electron chi connectivity index (χ0n) is 11.6. The van der Waals surface area contributed by atoms with Gasteiger partial charge in [0.15, 0.2) is 0 Å². The smallest absolute Gasteiger partial charge is 0.253 e. The second kappa shape index (κ2) is 5.70. The Morgan fingerprint density at radius 2 is 2.29 bits per heavy atom. The molecule has 0 bridgehead atoms. The minimum Gasteiger partial charge on any atom is -0.372 e. The molecule has 1 N–H and O–H groups in total. The molecular weight excluding hydrogens is 308 g/mol. The fourth-order valence-corrected chi connectivity index (χ4v) is 5.30. The standard InChI is InChI=1S/C13H16N4O2S2/c1-14-12-9-15-8-10(16-12)11-4-2-6-17(11)21(18,19)13-5-3-7-20-13/h3,5,7-9,11H,2,4,6H2,1H3,(H,14,16)/t11-/m1/s1. The first-order chi connectivity index (χ1) is 10.1. The van der Waals surface area contributed by atoms with E-state index >= 15 is 0 Å². The summed E-state index contributed by atoms with van der Waals surface area (Å²) in [4.78, 5) is 8.58. The molecule has 1 saturated heterocycles. The highest BCUT2D eigenvalue weighted by atomic mass is 32.2. The summed E-state index contributed by atoms with van der Waals surface area (Å²) in [5.41, 5.74) is 0.694. The van der Waals surface area contributed by atoms with E-state index in [0.29, 0.717) is 22.3 Å². The Balaban J connectivity index is 1.96. The van der Waals surface area contributed by atoms with Crippen LogP contribution in [0, 0.1) is 0 Å². The van der Waals surface area contributed by atoms with Gasteiger partial charge >= 0.3 is 0 Å². The summed E-state index contributed by atoms with van der Waals surface area (Å²) in [5, 5.41) is 4.71. The largest absolute Gasteiger partial charge is 0.372 e. The Morgan fingerprint density at radius 1 is 1.43 bits per heavy atom. The highest BCUT2D eigenvalue weighted by Crippen LogP contribution is 2.36. The fraction of sp³-hybridized carbons (Fsp3) is 0.385. The number of anilines is 1. The average molecular weight is 324 g/mol. The number of rotatable bonds is 4. The summed E-state index contributed by atoms with van der Waals surface area (Å²) in [6.07, 6.45) is 4.87. The molecule has 0 amide bonds. The van der Waals surface area contributed by atoms with E-state index in [1.54, 1.807) is 41.3 Å². The maximum atomic E-state index is 12.7. The SMILES string of the molecule is CNc1cncc([C@H]2CCCN2S(=O)(=O)c2cccs2)n1. The molecule has 0 radical (unpaired) electrons. The molecule has 3 rings (SSSR count). The van der Waals surface area contributed by atoms with E-state index in [-0.39, 0.29) is 6.04 Å². The van der Waals surface area contributed by atoms with Crippen LogP contribution in [-0.4, -0.2) is 36.3 Å². The first kappa shape index (κ1) is 14.4. The van der Waals surface area contributed by atoms with Gasteiger partial charge < -0.3 is 5.32 Å². The van der Waals surface area contributed by atoms with Crippen molar-refractivity contribution in [3.63, 3.8) is 0 Å². The third-order valence-electron chi connectivity index (χ3n) is 3.51. The minimum atomic E-state index is -3.45. The highest BCUT2D eigenvalue weighted by molar-refractivity contribution is 7.91. The van der Waals surface area contributed by atoms with Crippen LogP contribution in [0.3, 0.4) is 0 Å². The van der Waals surface area contributed by atoms with Crippen molar-refractivity contribution >= 4 is 27.2 Å². The summed E-state index contributed by atoms with van der Waals surface area (Å²) in [5.74, 6) is 0.646. The van der Waals surface area contributed by atoms with Crippen LogP contribution in [0.2, 0.25) is 0 Å². The lowest BCUT2D eigenvalue weighted by Crippen LogP contribution is -2.30. The van der Waals surface area contributed by atoms with Crippen molar-refractivity contribution in [3.05, 3.63) is 35.6 Å². The van der Waals surface area contributed by atoms with Crippen molar-refractivity contribution in [2.75, 3.05) is 18.9 Å². The molecule has 8 heteroatoms. The van der Waals surface area contributed by atoms with Gasteiger partial charge in [0, 0.05) is 13.6 Å². The van der Waals surface area contributed by atoms with Crippen molar-refractivity contribution < 1.29 is 8.42 Å². The molecule has 1 fully saturated rings. The van der Waals surface area contributed by atoms with E-state index in [1.807, 2.05) is 0 Å². The van der Waals surface area contributed by atoms with Crippen LogP contribution in [0.25, 0.3) is 0 Å². The van der Waals surface area contributed by atoms with Crippen molar-refractivity contribution in [2.45, 2.75) is 23.1 Å². The van der Waals surface area contributed by atoms with E-state index in [4.69, 9.17) is 0 Å². The molecule has 21 heavy (non-hydrogen) atoms. The zero-order chi connectivity index (χ0) is 14.9. The molecule has 0 unspecified atom stereocenters. The molecule has 2 aromatic rings. The van der Waals surface area contributed by atoms with Gasteiger partial charge in [-0.05, 0) is 24.3 Å². The number of aromatic nitrogens is 2. The molecular formula is C13H16N4O2S2. The van der Waals surface area contributed by atoms with E-state index in [9.17, 15) is 8.42 Å². The summed E-state index contributed by atoms with van der Waals surface area (Å²) < 4.78 is 27.3. The molecule has 3 heterocycles. The van der Waals surface area contributed by atoms with E-state index in [1.165, 1.54) is 11.3 Å². The van der Waals surface area contributed by atoms with Crippen LogP contribution in [0.4, 0.5) is 5.82 Å². The number of nitrogens with one attached hydrogen (secondary N) is 1. The van der Waals surface area contributed by atoms with Gasteiger partial charge in [-0.2, -0.15) is 4.31 Å². The summed E-state index contributed by atoms with van der Waals surface area (Å²) in [6.45, 7) is 0.524. The molecule has 0 aromatic carbocycles. The molecule has 6 nitrogen and oxygen atoms in total. The lowest BCUT2D eigenvalue weighted by atomic mass is 10.2. The number of hydrogen-bond donors (Lipinski definition) is 1. The Bertz CT molecular complexity index is 716. The van der Waals surface area contributed by atoms with Gasteiger partial charge in [-0.25, -0.2) is 13.4 Å². The monoisotopic (exact) mass is 324 g/mol. The summed E-state index contributed by atoms with van der Waals surface area (Å²) >= 11 is 1.24.